The van der Waals surface area contributed by atoms with Crippen LogP contribution >= 0.6 is 11.8 Å². The first-order valence-electron chi connectivity index (χ1n) is 11.0. The largest absolute Gasteiger partial charge is 0.345 e. The number of nitrogens with one attached hydrogen (secondary N) is 2. The van der Waals surface area contributed by atoms with Gasteiger partial charge in [0.05, 0.1) is 28.7 Å². The third kappa shape index (κ3) is 4.28. The Morgan fingerprint density at radius 1 is 0.735 bits per heavy atom. The number of hydrogen-bond donors (Lipinski definition) is 2. The van der Waals surface area contributed by atoms with Crippen molar-refractivity contribution in [3.05, 3.63) is 114 Å². The van der Waals surface area contributed by atoms with Crippen LogP contribution in [0.15, 0.2) is 113 Å². The van der Waals surface area contributed by atoms with Crippen LogP contribution in [0.2, 0.25) is 0 Å². The molecule has 2 N–H and O–H groups in total. The molecule has 5 rings (SSSR count). The zero-order chi connectivity index (χ0) is 23.5. The fourth-order valence-electron chi connectivity index (χ4n) is 3.98. The number of anilines is 3. The van der Waals surface area contributed by atoms with Crippen LogP contribution in [0.4, 0.5) is 21.9 Å². The Kier molecular flexibility index (Phi) is 6.06. The second-order valence-corrected chi connectivity index (χ2v) is 9.04. The normalized spacial score (nSPS) is 12.8. The zero-order valence-corrected chi connectivity index (χ0v) is 19.4. The first kappa shape index (κ1) is 21.8. The predicted octanol–water partition coefficient (Wildman–Crippen LogP) is 7.01. The summed E-state index contributed by atoms with van der Waals surface area (Å²) in [5.74, 6) is -0.248. The molecule has 0 bridgehead atoms. The number of para-hydroxylation sites is 3. The molecule has 5 nitrogen and oxygen atoms in total. The number of carbonyl (C=O) groups is 2. The summed E-state index contributed by atoms with van der Waals surface area (Å²) in [7, 11) is 0. The maximum absolute atomic E-state index is 13.6. The fourth-order valence-corrected chi connectivity index (χ4v) is 5.04. The van der Waals surface area contributed by atoms with Crippen molar-refractivity contribution in [1.82, 2.24) is 5.32 Å². The van der Waals surface area contributed by atoms with Crippen LogP contribution in [0.25, 0.3) is 0 Å². The standard InChI is InChI=1S/C28H23N3O2S/c1-19(20-11-3-2-4-12-20)29-27(32)21-13-5-6-14-22(21)30-28(33)31-23-15-7-9-17-25(23)34-26-18-10-8-16-24(26)31/h2-19H,1H3,(H,29,32)(H,30,33)/t19-/m0/s1. The van der Waals surface area contributed by atoms with Gasteiger partial charge in [0.2, 0.25) is 0 Å². The summed E-state index contributed by atoms with van der Waals surface area (Å²) in [6.07, 6.45) is 0. The number of amides is 3. The van der Waals surface area contributed by atoms with Gasteiger partial charge in [-0.3, -0.25) is 9.69 Å². The molecule has 4 aromatic carbocycles. The van der Waals surface area contributed by atoms with Crippen LogP contribution in [-0.2, 0) is 0 Å². The Morgan fingerprint density at radius 3 is 1.97 bits per heavy atom. The van der Waals surface area contributed by atoms with E-state index in [-0.39, 0.29) is 18.0 Å². The monoisotopic (exact) mass is 465 g/mol. The van der Waals surface area contributed by atoms with Gasteiger partial charge in [-0.05, 0) is 48.9 Å². The zero-order valence-electron chi connectivity index (χ0n) is 18.6. The average molecular weight is 466 g/mol. The molecule has 0 spiro atoms. The van der Waals surface area contributed by atoms with Gasteiger partial charge in [-0.1, -0.05) is 78.5 Å². The molecular weight excluding hydrogens is 442 g/mol. The van der Waals surface area contributed by atoms with Crippen LogP contribution in [-0.4, -0.2) is 11.9 Å². The molecule has 4 aromatic rings. The van der Waals surface area contributed by atoms with E-state index < -0.39 is 0 Å². The lowest BCUT2D eigenvalue weighted by Crippen LogP contribution is -2.34. The number of nitrogens with zero attached hydrogens (tertiary/aromatic N) is 1. The first-order valence-corrected chi connectivity index (χ1v) is 11.9. The highest BCUT2D eigenvalue weighted by molar-refractivity contribution is 7.99. The van der Waals surface area contributed by atoms with E-state index in [9.17, 15) is 9.59 Å². The molecule has 0 aromatic heterocycles. The number of fused-ring (bicyclic) bond motifs is 2. The van der Waals surface area contributed by atoms with Gasteiger partial charge < -0.3 is 10.6 Å². The summed E-state index contributed by atoms with van der Waals surface area (Å²) in [6.45, 7) is 1.94. The first-order chi connectivity index (χ1) is 16.6. The summed E-state index contributed by atoms with van der Waals surface area (Å²) in [6, 6.07) is 32.0. The minimum Gasteiger partial charge on any atom is -0.345 e. The topological polar surface area (TPSA) is 61.4 Å². The SMILES string of the molecule is C[C@H](NC(=O)c1ccccc1NC(=O)N1c2ccccc2Sc2ccccc21)c1ccccc1. The van der Waals surface area contributed by atoms with Gasteiger partial charge in [-0.2, -0.15) is 0 Å². The van der Waals surface area contributed by atoms with Crippen LogP contribution in [0, 0.1) is 0 Å². The molecule has 1 aliphatic heterocycles. The minimum absolute atomic E-state index is 0.171. The molecule has 0 fully saturated rings. The summed E-state index contributed by atoms with van der Waals surface area (Å²) in [4.78, 5) is 30.4. The van der Waals surface area contributed by atoms with Crippen LogP contribution in [0.3, 0.4) is 0 Å². The molecule has 6 heteroatoms. The number of urea groups is 1. The molecule has 0 radical (unpaired) electrons. The molecule has 1 heterocycles. The van der Waals surface area contributed by atoms with Crippen molar-refractivity contribution in [3.8, 4) is 0 Å². The van der Waals surface area contributed by atoms with E-state index in [1.165, 1.54) is 0 Å². The second-order valence-electron chi connectivity index (χ2n) is 7.95. The van der Waals surface area contributed by atoms with E-state index in [0.717, 1.165) is 26.7 Å². The van der Waals surface area contributed by atoms with E-state index in [1.54, 1.807) is 40.9 Å². The van der Waals surface area contributed by atoms with Crippen LogP contribution in [0.5, 0.6) is 0 Å². The molecule has 0 unspecified atom stereocenters. The molecular formula is C28H23N3O2S. The van der Waals surface area contributed by atoms with E-state index in [0.29, 0.717) is 11.3 Å². The lowest BCUT2D eigenvalue weighted by molar-refractivity contribution is 0.0941. The Labute approximate surface area is 202 Å². The lowest BCUT2D eigenvalue weighted by Gasteiger charge is -2.31. The number of hydrogen-bond acceptors (Lipinski definition) is 3. The highest BCUT2D eigenvalue weighted by Crippen LogP contribution is 2.48. The van der Waals surface area contributed by atoms with Gasteiger partial charge in [0.1, 0.15) is 0 Å². The highest BCUT2D eigenvalue weighted by Gasteiger charge is 2.28. The molecule has 0 saturated carbocycles. The van der Waals surface area contributed by atoms with Crippen molar-refractivity contribution in [2.24, 2.45) is 0 Å². The van der Waals surface area contributed by atoms with Crippen molar-refractivity contribution >= 4 is 40.8 Å². The van der Waals surface area contributed by atoms with Crippen molar-refractivity contribution in [2.45, 2.75) is 22.8 Å². The molecule has 34 heavy (non-hydrogen) atoms. The van der Waals surface area contributed by atoms with Gasteiger partial charge in [-0.15, -0.1) is 0 Å². The summed E-state index contributed by atoms with van der Waals surface area (Å²) < 4.78 is 0. The van der Waals surface area contributed by atoms with Crippen LogP contribution < -0.4 is 15.5 Å². The summed E-state index contributed by atoms with van der Waals surface area (Å²) in [5, 5.41) is 6.00. The molecule has 1 atom stereocenters. The Morgan fingerprint density at radius 2 is 1.29 bits per heavy atom. The Balaban J connectivity index is 1.42. The van der Waals surface area contributed by atoms with Gasteiger partial charge in [0, 0.05) is 9.79 Å². The fraction of sp³-hybridized carbons (Fsp3) is 0.0714. The van der Waals surface area contributed by atoms with E-state index in [1.807, 2.05) is 85.8 Å². The Bertz CT molecular complexity index is 1310. The molecule has 168 valence electrons. The number of benzene rings is 4. The van der Waals surface area contributed by atoms with Gasteiger partial charge in [-0.25, -0.2) is 4.79 Å². The minimum atomic E-state index is -0.323. The summed E-state index contributed by atoms with van der Waals surface area (Å²) >= 11 is 1.64. The van der Waals surface area contributed by atoms with Gasteiger partial charge in [0.25, 0.3) is 5.91 Å². The van der Waals surface area contributed by atoms with E-state index in [2.05, 4.69) is 10.6 Å². The quantitative estimate of drug-likeness (QED) is 0.341. The molecule has 1 aliphatic rings. The third-order valence-corrected chi connectivity index (χ3v) is 6.83. The molecule has 0 aliphatic carbocycles. The van der Waals surface area contributed by atoms with Crippen molar-refractivity contribution in [1.29, 1.82) is 0 Å². The smallest absolute Gasteiger partial charge is 0.331 e. The second kappa shape index (κ2) is 9.45. The highest BCUT2D eigenvalue weighted by atomic mass is 32.2. The van der Waals surface area contributed by atoms with Gasteiger partial charge >= 0.3 is 6.03 Å². The van der Waals surface area contributed by atoms with E-state index in [4.69, 9.17) is 0 Å². The summed E-state index contributed by atoms with van der Waals surface area (Å²) in [5.41, 5.74) is 3.49. The molecule has 3 amide bonds. The average Bonchev–Trinajstić information content (AvgIpc) is 2.88. The predicted molar refractivity (Wildman–Crippen MR) is 137 cm³/mol. The van der Waals surface area contributed by atoms with Crippen molar-refractivity contribution < 1.29 is 9.59 Å². The van der Waals surface area contributed by atoms with Crippen molar-refractivity contribution in [2.75, 3.05) is 10.2 Å². The Hall–Kier alpha value is -4.03. The van der Waals surface area contributed by atoms with Crippen molar-refractivity contribution in [3.63, 3.8) is 0 Å². The number of carbonyl (C=O) groups excluding carboxylic acids is 2. The van der Waals surface area contributed by atoms with Gasteiger partial charge in [0.15, 0.2) is 0 Å². The molecule has 0 saturated heterocycles. The maximum atomic E-state index is 13.6. The van der Waals surface area contributed by atoms with E-state index >= 15 is 0 Å². The third-order valence-electron chi connectivity index (χ3n) is 5.70. The van der Waals surface area contributed by atoms with Crippen LogP contribution in [0.1, 0.15) is 28.9 Å². The maximum Gasteiger partial charge on any atom is 0.331 e. The lowest BCUT2D eigenvalue weighted by atomic mass is 10.1. The number of rotatable bonds is 4.